The van der Waals surface area contributed by atoms with Crippen LogP contribution < -0.4 is 4.74 Å². The van der Waals surface area contributed by atoms with Crippen molar-refractivity contribution in [2.24, 2.45) is 0 Å². The van der Waals surface area contributed by atoms with Gasteiger partial charge in [0.1, 0.15) is 11.5 Å². The molecule has 0 atom stereocenters. The summed E-state index contributed by atoms with van der Waals surface area (Å²) in [7, 11) is 1.76. The molecule has 3 heteroatoms. The van der Waals surface area contributed by atoms with E-state index in [0.717, 1.165) is 17.1 Å². The van der Waals surface area contributed by atoms with Crippen molar-refractivity contribution in [3.05, 3.63) is 60.2 Å². The standard InChI is InChI=1S/C15H14N2O/c1-17(12-16)11-13-7-9-15(10-8-13)18-14-5-3-2-4-6-14/h2-10H,11H2,1H3. The largest absolute Gasteiger partial charge is 0.457 e. The van der Waals surface area contributed by atoms with Crippen molar-refractivity contribution in [3.8, 4) is 17.7 Å². The van der Waals surface area contributed by atoms with Gasteiger partial charge in [0.15, 0.2) is 6.19 Å². The molecule has 0 fully saturated rings. The molecule has 0 heterocycles. The van der Waals surface area contributed by atoms with E-state index in [9.17, 15) is 0 Å². The van der Waals surface area contributed by atoms with Crippen molar-refractivity contribution >= 4 is 0 Å². The summed E-state index contributed by atoms with van der Waals surface area (Å²) in [6.07, 6.45) is 2.07. The maximum Gasteiger partial charge on any atom is 0.179 e. The summed E-state index contributed by atoms with van der Waals surface area (Å²) in [4.78, 5) is 1.58. The molecule has 2 rings (SSSR count). The van der Waals surface area contributed by atoms with Gasteiger partial charge in [-0.2, -0.15) is 5.26 Å². The van der Waals surface area contributed by atoms with Crippen molar-refractivity contribution in [1.29, 1.82) is 5.26 Å². The summed E-state index contributed by atoms with van der Waals surface area (Å²) in [5.41, 5.74) is 1.08. The summed E-state index contributed by atoms with van der Waals surface area (Å²) in [5.74, 6) is 1.61. The van der Waals surface area contributed by atoms with E-state index >= 15 is 0 Å². The van der Waals surface area contributed by atoms with Gasteiger partial charge >= 0.3 is 0 Å². The molecule has 90 valence electrons. The Kier molecular flexibility index (Phi) is 3.83. The van der Waals surface area contributed by atoms with Crippen LogP contribution in [0.4, 0.5) is 0 Å². The first-order valence-electron chi connectivity index (χ1n) is 5.70. The molecule has 0 aliphatic carbocycles. The number of para-hydroxylation sites is 1. The maximum atomic E-state index is 8.70. The van der Waals surface area contributed by atoms with E-state index in [1.165, 1.54) is 0 Å². The Morgan fingerprint density at radius 3 is 2.22 bits per heavy atom. The lowest BCUT2D eigenvalue weighted by Gasteiger charge is -2.10. The average Bonchev–Trinajstić information content (AvgIpc) is 2.42. The van der Waals surface area contributed by atoms with Crippen LogP contribution in [-0.4, -0.2) is 11.9 Å². The van der Waals surface area contributed by atoms with Crippen LogP contribution in [0.15, 0.2) is 54.6 Å². The number of nitrogens with zero attached hydrogens (tertiary/aromatic N) is 2. The average molecular weight is 238 g/mol. The number of rotatable bonds is 4. The zero-order valence-electron chi connectivity index (χ0n) is 10.2. The van der Waals surface area contributed by atoms with Gasteiger partial charge in [0.25, 0.3) is 0 Å². The minimum Gasteiger partial charge on any atom is -0.457 e. The van der Waals surface area contributed by atoms with Crippen molar-refractivity contribution in [2.75, 3.05) is 7.05 Å². The monoisotopic (exact) mass is 238 g/mol. The van der Waals surface area contributed by atoms with E-state index in [1.807, 2.05) is 54.6 Å². The molecule has 0 aliphatic heterocycles. The smallest absolute Gasteiger partial charge is 0.179 e. The summed E-state index contributed by atoms with van der Waals surface area (Å²) < 4.78 is 5.69. The highest BCUT2D eigenvalue weighted by Gasteiger charge is 1.99. The SMILES string of the molecule is CN(C#N)Cc1ccc(Oc2ccccc2)cc1. The van der Waals surface area contributed by atoms with Gasteiger partial charge in [0.2, 0.25) is 0 Å². The fraction of sp³-hybridized carbons (Fsp3) is 0.133. The van der Waals surface area contributed by atoms with Gasteiger partial charge in [0.05, 0.1) is 6.54 Å². The molecular formula is C15H14N2O. The molecule has 0 saturated carbocycles. The van der Waals surface area contributed by atoms with Gasteiger partial charge in [-0.25, -0.2) is 0 Å². The Morgan fingerprint density at radius 1 is 1.00 bits per heavy atom. The number of hydrogen-bond acceptors (Lipinski definition) is 3. The maximum absolute atomic E-state index is 8.70. The lowest BCUT2D eigenvalue weighted by molar-refractivity contribution is 0.466. The molecule has 0 amide bonds. The van der Waals surface area contributed by atoms with Crippen molar-refractivity contribution in [3.63, 3.8) is 0 Å². The van der Waals surface area contributed by atoms with Crippen LogP contribution in [0.5, 0.6) is 11.5 Å². The summed E-state index contributed by atoms with van der Waals surface area (Å²) >= 11 is 0. The van der Waals surface area contributed by atoms with E-state index in [4.69, 9.17) is 10.00 Å². The third kappa shape index (κ3) is 3.26. The fourth-order valence-corrected chi connectivity index (χ4v) is 1.60. The Balaban J connectivity index is 2.02. The van der Waals surface area contributed by atoms with Gasteiger partial charge in [-0.15, -0.1) is 0 Å². The van der Waals surface area contributed by atoms with Crippen molar-refractivity contribution in [2.45, 2.75) is 6.54 Å². The van der Waals surface area contributed by atoms with Gasteiger partial charge in [-0.3, -0.25) is 0 Å². The Morgan fingerprint density at radius 2 is 1.61 bits per heavy atom. The van der Waals surface area contributed by atoms with Gasteiger partial charge in [-0.1, -0.05) is 30.3 Å². The van der Waals surface area contributed by atoms with E-state index in [2.05, 4.69) is 6.19 Å². The molecule has 3 nitrogen and oxygen atoms in total. The van der Waals surface area contributed by atoms with Crippen molar-refractivity contribution < 1.29 is 4.74 Å². The van der Waals surface area contributed by atoms with E-state index in [1.54, 1.807) is 11.9 Å². The Bertz CT molecular complexity index is 529. The zero-order valence-corrected chi connectivity index (χ0v) is 10.2. The van der Waals surface area contributed by atoms with E-state index in [0.29, 0.717) is 6.54 Å². The summed E-state index contributed by atoms with van der Waals surface area (Å²) in [5, 5.41) is 8.70. The summed E-state index contributed by atoms with van der Waals surface area (Å²) in [6, 6.07) is 17.4. The van der Waals surface area contributed by atoms with Crippen LogP contribution in [0.1, 0.15) is 5.56 Å². The fourth-order valence-electron chi connectivity index (χ4n) is 1.60. The topological polar surface area (TPSA) is 36.3 Å². The molecular weight excluding hydrogens is 224 g/mol. The number of hydrogen-bond donors (Lipinski definition) is 0. The molecule has 0 N–H and O–H groups in total. The first kappa shape index (κ1) is 12.0. The molecule has 0 saturated heterocycles. The molecule has 18 heavy (non-hydrogen) atoms. The summed E-state index contributed by atoms with van der Waals surface area (Å²) in [6.45, 7) is 0.613. The van der Waals surface area contributed by atoms with Crippen LogP contribution in [0.25, 0.3) is 0 Å². The first-order chi connectivity index (χ1) is 8.78. The predicted octanol–water partition coefficient (Wildman–Crippen LogP) is 3.39. The number of nitriles is 1. The molecule has 0 radical (unpaired) electrons. The van der Waals surface area contributed by atoms with Crippen LogP contribution >= 0.6 is 0 Å². The van der Waals surface area contributed by atoms with Gasteiger partial charge < -0.3 is 9.64 Å². The normalized spacial score (nSPS) is 9.56. The second-order valence-corrected chi connectivity index (χ2v) is 4.02. The van der Waals surface area contributed by atoms with Crippen LogP contribution in [0, 0.1) is 11.5 Å². The zero-order chi connectivity index (χ0) is 12.8. The molecule has 2 aromatic rings. The van der Waals surface area contributed by atoms with Crippen molar-refractivity contribution in [1.82, 2.24) is 4.90 Å². The Labute approximate surface area is 107 Å². The lowest BCUT2D eigenvalue weighted by atomic mass is 10.2. The highest BCUT2D eigenvalue weighted by molar-refractivity contribution is 5.32. The molecule has 0 unspecified atom stereocenters. The molecule has 2 aromatic carbocycles. The first-order valence-corrected chi connectivity index (χ1v) is 5.70. The minimum absolute atomic E-state index is 0.613. The number of ether oxygens (including phenoxy) is 1. The third-order valence-corrected chi connectivity index (χ3v) is 2.49. The van der Waals surface area contributed by atoms with Crippen LogP contribution in [-0.2, 0) is 6.54 Å². The number of benzene rings is 2. The second kappa shape index (κ2) is 5.74. The van der Waals surface area contributed by atoms with E-state index < -0.39 is 0 Å². The molecule has 0 bridgehead atoms. The van der Waals surface area contributed by atoms with Gasteiger partial charge in [0, 0.05) is 7.05 Å². The third-order valence-electron chi connectivity index (χ3n) is 2.49. The molecule has 0 aliphatic rings. The second-order valence-electron chi connectivity index (χ2n) is 4.02. The van der Waals surface area contributed by atoms with Crippen LogP contribution in [0.3, 0.4) is 0 Å². The lowest BCUT2D eigenvalue weighted by Crippen LogP contribution is -2.09. The quantitative estimate of drug-likeness (QED) is 0.605. The molecule has 0 spiro atoms. The predicted molar refractivity (Wildman–Crippen MR) is 70.0 cm³/mol. The highest BCUT2D eigenvalue weighted by atomic mass is 16.5. The Hall–Kier alpha value is -2.47. The van der Waals surface area contributed by atoms with Crippen LogP contribution in [0.2, 0.25) is 0 Å². The van der Waals surface area contributed by atoms with Gasteiger partial charge in [-0.05, 0) is 29.8 Å². The van der Waals surface area contributed by atoms with E-state index in [-0.39, 0.29) is 0 Å². The minimum atomic E-state index is 0.613. The highest BCUT2D eigenvalue weighted by Crippen LogP contribution is 2.21. The molecule has 0 aromatic heterocycles.